The van der Waals surface area contributed by atoms with Crippen LogP contribution in [-0.2, 0) is 14.3 Å². The van der Waals surface area contributed by atoms with E-state index in [-0.39, 0.29) is 13.2 Å². The van der Waals surface area contributed by atoms with Crippen LogP contribution in [0.3, 0.4) is 0 Å². The molecule has 0 aliphatic heterocycles. The van der Waals surface area contributed by atoms with E-state index in [0.29, 0.717) is 12.8 Å². The van der Waals surface area contributed by atoms with Crippen molar-refractivity contribution in [2.24, 2.45) is 10.8 Å². The fourth-order valence-electron chi connectivity index (χ4n) is 1.13. The Morgan fingerprint density at radius 2 is 1.24 bits per heavy atom. The summed E-state index contributed by atoms with van der Waals surface area (Å²) in [4.78, 5) is 22.0. The van der Waals surface area contributed by atoms with Crippen molar-refractivity contribution in [2.75, 3.05) is 13.2 Å². The fourth-order valence-corrected chi connectivity index (χ4v) is 1.13. The Hall–Kier alpha value is -1.10. The highest BCUT2D eigenvalue weighted by Crippen LogP contribution is 2.25. The largest absolute Gasteiger partial charge is 0.481 e. The molecule has 0 saturated carbocycles. The highest BCUT2D eigenvalue weighted by Gasteiger charge is 2.35. The summed E-state index contributed by atoms with van der Waals surface area (Å²) in [5, 5.41) is 18.1. The van der Waals surface area contributed by atoms with Crippen molar-refractivity contribution in [2.45, 2.75) is 40.5 Å². The molecule has 2 unspecified atom stereocenters. The second kappa shape index (κ2) is 6.00. The zero-order chi connectivity index (χ0) is 13.7. The van der Waals surface area contributed by atoms with Crippen molar-refractivity contribution < 1.29 is 24.5 Å². The van der Waals surface area contributed by atoms with Gasteiger partial charge in [0, 0.05) is 0 Å². The van der Waals surface area contributed by atoms with Crippen LogP contribution in [0.2, 0.25) is 0 Å². The number of carbonyl (C=O) groups is 2. The molecule has 0 rings (SSSR count). The SMILES string of the molecule is CCC(C)(COCC(C)(CC)C(=O)O)C(=O)O. The summed E-state index contributed by atoms with van der Waals surface area (Å²) in [6.07, 6.45) is 0.885. The number of ether oxygens (including phenoxy) is 1. The highest BCUT2D eigenvalue weighted by atomic mass is 16.5. The van der Waals surface area contributed by atoms with Gasteiger partial charge in [0.25, 0.3) is 0 Å². The van der Waals surface area contributed by atoms with Crippen molar-refractivity contribution in [1.82, 2.24) is 0 Å². The maximum Gasteiger partial charge on any atom is 0.311 e. The summed E-state index contributed by atoms with van der Waals surface area (Å²) < 4.78 is 5.31. The second-order valence-corrected chi connectivity index (χ2v) is 4.93. The lowest BCUT2D eigenvalue weighted by molar-refractivity contribution is -0.157. The van der Waals surface area contributed by atoms with Gasteiger partial charge in [-0.3, -0.25) is 9.59 Å². The molecule has 0 bridgehead atoms. The molecular weight excluding hydrogens is 224 g/mol. The first-order chi connectivity index (χ1) is 7.72. The Labute approximate surface area is 102 Å². The average Bonchev–Trinajstić information content (AvgIpc) is 2.27. The number of aliphatic carboxylic acids is 2. The van der Waals surface area contributed by atoms with E-state index in [9.17, 15) is 9.59 Å². The molecular formula is C12H22O5. The van der Waals surface area contributed by atoms with Gasteiger partial charge in [0.1, 0.15) is 0 Å². The molecule has 5 heteroatoms. The average molecular weight is 246 g/mol. The predicted octanol–water partition coefficient (Wildman–Crippen LogP) is 2.00. The van der Waals surface area contributed by atoms with E-state index in [2.05, 4.69) is 0 Å². The lowest BCUT2D eigenvalue weighted by atomic mass is 9.87. The Bertz CT molecular complexity index is 261. The summed E-state index contributed by atoms with van der Waals surface area (Å²) in [7, 11) is 0. The van der Waals surface area contributed by atoms with E-state index in [1.165, 1.54) is 0 Å². The van der Waals surface area contributed by atoms with Gasteiger partial charge < -0.3 is 14.9 Å². The molecule has 2 N–H and O–H groups in total. The molecule has 0 saturated heterocycles. The minimum absolute atomic E-state index is 0.0295. The zero-order valence-corrected chi connectivity index (χ0v) is 10.9. The van der Waals surface area contributed by atoms with E-state index in [0.717, 1.165) is 0 Å². The van der Waals surface area contributed by atoms with Crippen LogP contribution >= 0.6 is 0 Å². The summed E-state index contributed by atoms with van der Waals surface area (Å²) in [6, 6.07) is 0. The molecule has 0 amide bonds. The molecule has 5 nitrogen and oxygen atoms in total. The van der Waals surface area contributed by atoms with E-state index in [1.54, 1.807) is 27.7 Å². The normalized spacial score (nSPS) is 18.1. The first kappa shape index (κ1) is 15.9. The number of hydrogen-bond acceptors (Lipinski definition) is 3. The van der Waals surface area contributed by atoms with Crippen LogP contribution < -0.4 is 0 Å². The minimum Gasteiger partial charge on any atom is -0.481 e. The quantitative estimate of drug-likeness (QED) is 0.684. The van der Waals surface area contributed by atoms with Crippen LogP contribution in [-0.4, -0.2) is 35.4 Å². The standard InChI is InChI=1S/C12H22O5/c1-5-11(3,9(13)14)7-17-8-12(4,6-2)10(15)16/h5-8H2,1-4H3,(H,13,14)(H,15,16). The van der Waals surface area contributed by atoms with Gasteiger partial charge in [-0.25, -0.2) is 0 Å². The van der Waals surface area contributed by atoms with E-state index < -0.39 is 22.8 Å². The first-order valence-electron chi connectivity index (χ1n) is 5.76. The lowest BCUT2D eigenvalue weighted by Gasteiger charge is -2.27. The smallest absolute Gasteiger partial charge is 0.311 e. The summed E-state index contributed by atoms with van der Waals surface area (Å²) in [5.74, 6) is -1.85. The second-order valence-electron chi connectivity index (χ2n) is 4.93. The Morgan fingerprint density at radius 3 is 1.41 bits per heavy atom. The van der Waals surface area contributed by atoms with Crippen molar-refractivity contribution in [3.63, 3.8) is 0 Å². The van der Waals surface area contributed by atoms with Crippen molar-refractivity contribution in [3.8, 4) is 0 Å². The highest BCUT2D eigenvalue weighted by molar-refractivity contribution is 5.74. The molecule has 100 valence electrons. The van der Waals surface area contributed by atoms with Gasteiger partial charge in [0.05, 0.1) is 24.0 Å². The first-order valence-corrected chi connectivity index (χ1v) is 5.76. The third-order valence-electron chi connectivity index (χ3n) is 3.43. The van der Waals surface area contributed by atoms with Gasteiger partial charge in [-0.05, 0) is 26.7 Å². The maximum atomic E-state index is 11.0. The summed E-state index contributed by atoms with van der Waals surface area (Å²) in [5.41, 5.74) is -1.90. The summed E-state index contributed by atoms with van der Waals surface area (Å²) in [6.45, 7) is 6.80. The topological polar surface area (TPSA) is 83.8 Å². The number of carboxylic acid groups (broad SMARTS) is 2. The van der Waals surface area contributed by atoms with Crippen molar-refractivity contribution in [1.29, 1.82) is 0 Å². The van der Waals surface area contributed by atoms with E-state index in [1.807, 2.05) is 0 Å². The number of carboxylic acids is 2. The molecule has 0 radical (unpaired) electrons. The Balaban J connectivity index is 4.40. The molecule has 0 aliphatic rings. The number of rotatable bonds is 8. The van der Waals surface area contributed by atoms with Gasteiger partial charge in [0.2, 0.25) is 0 Å². The summed E-state index contributed by atoms with van der Waals surface area (Å²) >= 11 is 0. The zero-order valence-electron chi connectivity index (χ0n) is 10.9. The molecule has 0 aliphatic carbocycles. The van der Waals surface area contributed by atoms with Crippen LogP contribution in [0.4, 0.5) is 0 Å². The van der Waals surface area contributed by atoms with Crippen LogP contribution in [0.15, 0.2) is 0 Å². The van der Waals surface area contributed by atoms with Gasteiger partial charge in [-0.15, -0.1) is 0 Å². The fraction of sp³-hybridized carbons (Fsp3) is 0.833. The van der Waals surface area contributed by atoms with Gasteiger partial charge >= 0.3 is 11.9 Å². The predicted molar refractivity (Wildman–Crippen MR) is 62.9 cm³/mol. The van der Waals surface area contributed by atoms with Gasteiger partial charge in [-0.1, -0.05) is 13.8 Å². The van der Waals surface area contributed by atoms with Crippen LogP contribution in [0.5, 0.6) is 0 Å². The molecule has 0 spiro atoms. The molecule has 17 heavy (non-hydrogen) atoms. The van der Waals surface area contributed by atoms with Crippen LogP contribution in [0.1, 0.15) is 40.5 Å². The van der Waals surface area contributed by atoms with Crippen molar-refractivity contribution in [3.05, 3.63) is 0 Å². The molecule has 0 heterocycles. The van der Waals surface area contributed by atoms with Crippen LogP contribution in [0, 0.1) is 10.8 Å². The maximum absolute atomic E-state index is 11.0. The molecule has 0 aromatic rings. The third-order valence-corrected chi connectivity index (χ3v) is 3.43. The third kappa shape index (κ3) is 4.00. The number of hydrogen-bond donors (Lipinski definition) is 2. The monoisotopic (exact) mass is 246 g/mol. The Kier molecular flexibility index (Phi) is 5.61. The van der Waals surface area contributed by atoms with Gasteiger partial charge in [-0.2, -0.15) is 0 Å². The molecule has 2 atom stereocenters. The molecule has 0 aromatic heterocycles. The Morgan fingerprint density at radius 1 is 0.941 bits per heavy atom. The van der Waals surface area contributed by atoms with Crippen molar-refractivity contribution >= 4 is 11.9 Å². The van der Waals surface area contributed by atoms with Crippen LogP contribution in [0.25, 0.3) is 0 Å². The lowest BCUT2D eigenvalue weighted by Crippen LogP contribution is -2.37. The molecule has 0 aromatic carbocycles. The van der Waals surface area contributed by atoms with Gasteiger partial charge in [0.15, 0.2) is 0 Å². The van der Waals surface area contributed by atoms with E-state index >= 15 is 0 Å². The molecule has 0 fully saturated rings. The minimum atomic E-state index is -0.951. The van der Waals surface area contributed by atoms with E-state index in [4.69, 9.17) is 14.9 Å².